The van der Waals surface area contributed by atoms with Crippen molar-refractivity contribution in [1.29, 1.82) is 0 Å². The molecule has 1 N–H and O–H groups in total. The molecule has 1 aliphatic rings. The number of benzene rings is 2. The van der Waals surface area contributed by atoms with Crippen LogP contribution >= 0.6 is 0 Å². The van der Waals surface area contributed by atoms with Gasteiger partial charge in [-0.2, -0.15) is 0 Å². The number of hydrogen-bond acceptors (Lipinski definition) is 3. The van der Waals surface area contributed by atoms with Gasteiger partial charge < -0.3 is 14.7 Å². The van der Waals surface area contributed by atoms with E-state index in [-0.39, 0.29) is 17.9 Å². The van der Waals surface area contributed by atoms with Gasteiger partial charge in [0.25, 0.3) is 0 Å². The Morgan fingerprint density at radius 2 is 1.91 bits per heavy atom. The summed E-state index contributed by atoms with van der Waals surface area (Å²) in [4.78, 5) is 14.0. The van der Waals surface area contributed by atoms with Crippen molar-refractivity contribution in [3.63, 3.8) is 0 Å². The lowest BCUT2D eigenvalue weighted by Gasteiger charge is -2.29. The van der Waals surface area contributed by atoms with Gasteiger partial charge in [-0.15, -0.1) is 0 Å². The van der Waals surface area contributed by atoms with E-state index in [1.807, 2.05) is 42.5 Å². The average Bonchev–Trinajstić information content (AvgIpc) is 3.07. The van der Waals surface area contributed by atoms with Gasteiger partial charge in [-0.3, -0.25) is 4.79 Å². The maximum absolute atomic E-state index is 12.2. The number of methoxy groups -OCH3 is 1. The van der Waals surface area contributed by atoms with Crippen LogP contribution in [-0.2, 0) is 4.79 Å². The van der Waals surface area contributed by atoms with Crippen LogP contribution in [0.5, 0.6) is 5.75 Å². The van der Waals surface area contributed by atoms with Crippen LogP contribution < -0.4 is 4.74 Å². The van der Waals surface area contributed by atoms with E-state index in [1.54, 1.807) is 12.0 Å². The summed E-state index contributed by atoms with van der Waals surface area (Å²) in [5, 5.41) is 9.30. The summed E-state index contributed by atoms with van der Waals surface area (Å²) in [7, 11) is 1.64. The van der Waals surface area contributed by atoms with Crippen molar-refractivity contribution in [2.24, 2.45) is 0 Å². The topological polar surface area (TPSA) is 49.8 Å². The van der Waals surface area contributed by atoms with Gasteiger partial charge in [-0.05, 0) is 29.7 Å². The number of rotatable bonds is 4. The molecule has 0 aromatic heterocycles. The predicted octanol–water partition coefficient (Wildman–Crippen LogP) is 2.74. The lowest BCUT2D eigenvalue weighted by atomic mass is 9.87. The Balaban J connectivity index is 2.01. The number of hydrogen-bond donors (Lipinski definition) is 1. The van der Waals surface area contributed by atoms with E-state index in [9.17, 15) is 9.90 Å². The maximum atomic E-state index is 12.2. The van der Waals surface area contributed by atoms with Crippen molar-refractivity contribution >= 4 is 5.91 Å². The molecule has 4 heteroatoms. The fourth-order valence-corrected chi connectivity index (χ4v) is 3.45. The number of aliphatic hydroxyl groups is 1. The largest absolute Gasteiger partial charge is 0.497 e. The van der Waals surface area contributed by atoms with Gasteiger partial charge in [0.15, 0.2) is 0 Å². The van der Waals surface area contributed by atoms with E-state index in [1.165, 1.54) is 5.56 Å². The first kappa shape index (κ1) is 15.6. The molecule has 4 nitrogen and oxygen atoms in total. The number of amides is 1. The summed E-state index contributed by atoms with van der Waals surface area (Å²) < 4.78 is 5.32. The zero-order chi connectivity index (χ0) is 16.2. The molecular weight excluding hydrogens is 290 g/mol. The van der Waals surface area contributed by atoms with Gasteiger partial charge in [0.1, 0.15) is 12.4 Å². The lowest BCUT2D eigenvalue weighted by molar-refractivity contribution is -0.135. The second-order valence-corrected chi connectivity index (χ2v) is 5.77. The minimum atomic E-state index is -0.456. The van der Waals surface area contributed by atoms with Gasteiger partial charge in [-0.1, -0.05) is 42.5 Å². The summed E-state index contributed by atoms with van der Waals surface area (Å²) in [6, 6.07) is 18.0. The molecule has 1 heterocycles. The summed E-state index contributed by atoms with van der Waals surface area (Å²) in [6.45, 7) is 0.197. The van der Waals surface area contributed by atoms with Gasteiger partial charge in [0.05, 0.1) is 13.2 Å². The summed E-state index contributed by atoms with van der Waals surface area (Å²) >= 11 is 0. The standard InChI is InChI=1S/C19H21NO3/c1-23-16-9-5-8-15(12-16)19-17(14-6-3-2-4-7-14)10-11-20(19)18(22)13-21/h2-9,12,17,19,21H,10-11,13H2,1H3/t17-,19+/m1/s1. The molecular formula is C19H21NO3. The predicted molar refractivity (Wildman–Crippen MR) is 88.3 cm³/mol. The van der Waals surface area contributed by atoms with Crippen molar-refractivity contribution in [2.45, 2.75) is 18.4 Å². The van der Waals surface area contributed by atoms with Crippen LogP contribution in [0.15, 0.2) is 54.6 Å². The molecule has 23 heavy (non-hydrogen) atoms. The first-order valence-corrected chi connectivity index (χ1v) is 7.84. The number of ether oxygens (including phenoxy) is 1. The SMILES string of the molecule is COc1cccc([C@H]2[C@@H](c3ccccc3)CCN2C(=O)CO)c1. The highest BCUT2D eigenvalue weighted by molar-refractivity contribution is 5.78. The van der Waals surface area contributed by atoms with E-state index in [0.717, 1.165) is 17.7 Å². The Bertz CT molecular complexity index is 671. The summed E-state index contributed by atoms with van der Waals surface area (Å²) in [5.41, 5.74) is 2.26. The number of carbonyl (C=O) groups excluding carboxylic acids is 1. The van der Waals surface area contributed by atoms with E-state index < -0.39 is 6.61 Å². The molecule has 0 aliphatic carbocycles. The van der Waals surface area contributed by atoms with Gasteiger partial charge >= 0.3 is 0 Å². The smallest absolute Gasteiger partial charge is 0.248 e. The molecule has 0 saturated carbocycles. The Hall–Kier alpha value is -2.33. The molecule has 2 atom stereocenters. The molecule has 3 rings (SSSR count). The third kappa shape index (κ3) is 3.08. The second kappa shape index (κ2) is 6.84. The minimum absolute atomic E-state index is 0.0767. The summed E-state index contributed by atoms with van der Waals surface area (Å²) in [5.74, 6) is 0.771. The monoisotopic (exact) mass is 311 g/mol. The highest BCUT2D eigenvalue weighted by Gasteiger charge is 2.38. The van der Waals surface area contributed by atoms with Crippen LogP contribution in [0.4, 0.5) is 0 Å². The minimum Gasteiger partial charge on any atom is -0.497 e. The molecule has 1 fully saturated rings. The lowest BCUT2D eigenvalue weighted by Crippen LogP contribution is -2.33. The highest BCUT2D eigenvalue weighted by atomic mass is 16.5. The zero-order valence-electron chi connectivity index (χ0n) is 13.2. The summed E-state index contributed by atoms with van der Waals surface area (Å²) in [6.07, 6.45) is 0.887. The molecule has 0 unspecified atom stereocenters. The van der Waals surface area contributed by atoms with Gasteiger partial charge in [0, 0.05) is 12.5 Å². The number of nitrogens with zero attached hydrogens (tertiary/aromatic N) is 1. The average molecular weight is 311 g/mol. The van der Waals surface area contributed by atoms with Crippen molar-refractivity contribution in [3.05, 3.63) is 65.7 Å². The van der Waals surface area contributed by atoms with E-state index in [0.29, 0.717) is 6.54 Å². The van der Waals surface area contributed by atoms with Crippen molar-refractivity contribution < 1.29 is 14.6 Å². The third-order valence-electron chi connectivity index (χ3n) is 4.52. The van der Waals surface area contributed by atoms with E-state index >= 15 is 0 Å². The van der Waals surface area contributed by atoms with Crippen LogP contribution in [-0.4, -0.2) is 36.2 Å². The number of likely N-dealkylation sites (tertiary alicyclic amines) is 1. The Morgan fingerprint density at radius 1 is 1.17 bits per heavy atom. The molecule has 1 amide bonds. The molecule has 0 bridgehead atoms. The van der Waals surface area contributed by atoms with Crippen LogP contribution in [0.1, 0.15) is 29.5 Å². The molecule has 2 aromatic rings. The Labute approximate surface area is 136 Å². The first-order valence-electron chi connectivity index (χ1n) is 7.84. The van der Waals surface area contributed by atoms with Gasteiger partial charge in [-0.25, -0.2) is 0 Å². The molecule has 0 spiro atoms. The Kier molecular flexibility index (Phi) is 4.63. The number of aliphatic hydroxyl groups excluding tert-OH is 1. The van der Waals surface area contributed by atoms with E-state index in [4.69, 9.17) is 4.74 Å². The second-order valence-electron chi connectivity index (χ2n) is 5.77. The quantitative estimate of drug-likeness (QED) is 0.944. The molecule has 1 saturated heterocycles. The third-order valence-corrected chi connectivity index (χ3v) is 4.52. The fourth-order valence-electron chi connectivity index (χ4n) is 3.45. The van der Waals surface area contributed by atoms with Crippen LogP contribution in [0.3, 0.4) is 0 Å². The highest BCUT2D eigenvalue weighted by Crippen LogP contribution is 2.44. The fraction of sp³-hybridized carbons (Fsp3) is 0.316. The number of carbonyl (C=O) groups is 1. The Morgan fingerprint density at radius 3 is 2.61 bits per heavy atom. The van der Waals surface area contributed by atoms with E-state index in [2.05, 4.69) is 12.1 Å². The van der Waals surface area contributed by atoms with Gasteiger partial charge in [0.2, 0.25) is 5.91 Å². The van der Waals surface area contributed by atoms with Crippen molar-refractivity contribution in [3.8, 4) is 5.75 Å². The molecule has 2 aromatic carbocycles. The van der Waals surface area contributed by atoms with Crippen molar-refractivity contribution in [1.82, 2.24) is 4.90 Å². The zero-order valence-corrected chi connectivity index (χ0v) is 13.2. The maximum Gasteiger partial charge on any atom is 0.248 e. The normalized spacial score (nSPS) is 20.5. The van der Waals surface area contributed by atoms with Crippen molar-refractivity contribution in [2.75, 3.05) is 20.3 Å². The first-order chi connectivity index (χ1) is 11.2. The molecule has 120 valence electrons. The molecule has 1 aliphatic heterocycles. The van der Waals surface area contributed by atoms with Crippen LogP contribution in [0.25, 0.3) is 0 Å². The molecule has 0 radical (unpaired) electrons. The van der Waals surface area contributed by atoms with Crippen LogP contribution in [0, 0.1) is 0 Å². The van der Waals surface area contributed by atoms with Crippen LogP contribution in [0.2, 0.25) is 0 Å².